The summed E-state index contributed by atoms with van der Waals surface area (Å²) in [6.07, 6.45) is 0.716. The zero-order valence-corrected chi connectivity index (χ0v) is 13.1. The first kappa shape index (κ1) is 15.5. The molecule has 0 spiro atoms. The molecule has 2 aromatic carbocycles. The Morgan fingerprint density at radius 1 is 1.17 bits per heavy atom. The van der Waals surface area contributed by atoms with Gasteiger partial charge in [-0.2, -0.15) is 0 Å². The fraction of sp³-hybridized carbons (Fsp3) is 0.188. The number of sulfonamides is 1. The first-order valence-corrected chi connectivity index (χ1v) is 8.58. The van der Waals surface area contributed by atoms with Crippen LogP contribution in [0.4, 0.5) is 0 Å². The monoisotopic (exact) mass is 332 g/mol. The largest absolute Gasteiger partial charge is 0.493 e. The van der Waals surface area contributed by atoms with Crippen molar-refractivity contribution < 1.29 is 17.9 Å². The molecule has 1 aliphatic rings. The van der Waals surface area contributed by atoms with Gasteiger partial charge in [0, 0.05) is 18.5 Å². The van der Waals surface area contributed by atoms with Gasteiger partial charge in [-0.25, -0.2) is 13.1 Å². The van der Waals surface area contributed by atoms with Crippen molar-refractivity contribution in [1.29, 1.82) is 0 Å². The predicted octanol–water partition coefficient (Wildman–Crippen LogP) is 1.20. The van der Waals surface area contributed by atoms with Gasteiger partial charge in [0.2, 0.25) is 15.9 Å². The van der Waals surface area contributed by atoms with E-state index in [0.29, 0.717) is 18.6 Å². The zero-order valence-electron chi connectivity index (χ0n) is 12.3. The molecule has 0 unspecified atom stereocenters. The number of primary amides is 1. The number of rotatable bonds is 5. The molecule has 3 N–H and O–H groups in total. The number of hydrogen-bond donors (Lipinski definition) is 2. The van der Waals surface area contributed by atoms with E-state index in [1.807, 2.05) is 0 Å². The maximum atomic E-state index is 12.4. The van der Waals surface area contributed by atoms with Crippen molar-refractivity contribution >= 4 is 15.9 Å². The lowest BCUT2D eigenvalue weighted by molar-refractivity contribution is 0.100. The number of ether oxygens (including phenoxy) is 1. The van der Waals surface area contributed by atoms with Gasteiger partial charge < -0.3 is 10.5 Å². The van der Waals surface area contributed by atoms with E-state index >= 15 is 0 Å². The summed E-state index contributed by atoms with van der Waals surface area (Å²) in [5.74, 6) is 0.225. The fourth-order valence-corrected chi connectivity index (χ4v) is 3.45. The smallest absolute Gasteiger partial charge is 0.248 e. The molecule has 0 bridgehead atoms. The summed E-state index contributed by atoms with van der Waals surface area (Å²) in [4.78, 5) is 11.2. The highest BCUT2D eigenvalue weighted by Gasteiger charge is 2.19. The molecule has 0 saturated carbocycles. The summed E-state index contributed by atoms with van der Waals surface area (Å²) in [5, 5.41) is 0. The van der Waals surface area contributed by atoms with E-state index in [-0.39, 0.29) is 11.4 Å². The molecule has 0 atom stereocenters. The van der Waals surface area contributed by atoms with Crippen LogP contribution < -0.4 is 15.2 Å². The molecule has 0 aliphatic carbocycles. The second-order valence-electron chi connectivity index (χ2n) is 5.25. The van der Waals surface area contributed by atoms with Crippen LogP contribution in [0.1, 0.15) is 21.5 Å². The summed E-state index contributed by atoms with van der Waals surface area (Å²) < 4.78 is 32.6. The lowest BCUT2D eigenvalue weighted by Crippen LogP contribution is -2.23. The van der Waals surface area contributed by atoms with Crippen LogP contribution >= 0.6 is 0 Å². The minimum atomic E-state index is -3.60. The van der Waals surface area contributed by atoms with Crippen LogP contribution in [-0.4, -0.2) is 20.9 Å². The number of nitrogens with one attached hydrogen (secondary N) is 1. The zero-order chi connectivity index (χ0) is 16.4. The second kappa shape index (κ2) is 6.02. The van der Waals surface area contributed by atoms with Crippen LogP contribution in [0.3, 0.4) is 0 Å². The third kappa shape index (κ3) is 3.35. The minimum absolute atomic E-state index is 0.134. The molecule has 3 rings (SSSR count). The van der Waals surface area contributed by atoms with E-state index in [9.17, 15) is 13.2 Å². The van der Waals surface area contributed by atoms with Crippen molar-refractivity contribution in [3.05, 3.63) is 59.2 Å². The summed E-state index contributed by atoms with van der Waals surface area (Å²) in [5.41, 5.74) is 7.19. The Balaban J connectivity index is 1.72. The first-order chi connectivity index (χ1) is 11.0. The highest BCUT2D eigenvalue weighted by atomic mass is 32.2. The number of carbonyl (C=O) groups is 1. The Hall–Kier alpha value is -2.38. The van der Waals surface area contributed by atoms with Gasteiger partial charge in [-0.3, -0.25) is 4.79 Å². The topological polar surface area (TPSA) is 98.5 Å². The Bertz CT molecular complexity index is 845. The Morgan fingerprint density at radius 3 is 2.61 bits per heavy atom. The van der Waals surface area contributed by atoms with Crippen LogP contribution in [0.5, 0.6) is 5.75 Å². The molecule has 0 saturated heterocycles. The Morgan fingerprint density at radius 2 is 1.91 bits per heavy atom. The molecule has 1 amide bonds. The van der Waals surface area contributed by atoms with Gasteiger partial charge in [0.15, 0.2) is 0 Å². The van der Waals surface area contributed by atoms with Crippen LogP contribution in [0.25, 0.3) is 0 Å². The van der Waals surface area contributed by atoms with Gasteiger partial charge in [-0.1, -0.05) is 12.1 Å². The Labute approximate surface area is 134 Å². The van der Waals surface area contributed by atoms with E-state index in [1.165, 1.54) is 6.07 Å². The van der Waals surface area contributed by atoms with Gasteiger partial charge in [-0.05, 0) is 41.5 Å². The van der Waals surface area contributed by atoms with Crippen LogP contribution in [0.15, 0.2) is 47.4 Å². The summed E-state index contributed by atoms with van der Waals surface area (Å²) in [6, 6.07) is 11.3. The molecule has 0 aromatic heterocycles. The van der Waals surface area contributed by atoms with E-state index < -0.39 is 15.9 Å². The van der Waals surface area contributed by atoms with Crippen LogP contribution in [0.2, 0.25) is 0 Å². The molecular weight excluding hydrogens is 316 g/mol. The third-order valence-corrected chi connectivity index (χ3v) is 5.07. The molecule has 2 aromatic rings. The third-order valence-electron chi connectivity index (χ3n) is 3.68. The van der Waals surface area contributed by atoms with Crippen molar-refractivity contribution in [2.24, 2.45) is 5.73 Å². The molecule has 23 heavy (non-hydrogen) atoms. The van der Waals surface area contributed by atoms with Gasteiger partial charge in [-0.15, -0.1) is 0 Å². The molecule has 1 heterocycles. The number of hydrogen-bond acceptors (Lipinski definition) is 4. The van der Waals surface area contributed by atoms with Gasteiger partial charge in [0.25, 0.3) is 0 Å². The number of fused-ring (bicyclic) bond motifs is 1. The van der Waals surface area contributed by atoms with Gasteiger partial charge >= 0.3 is 0 Å². The SMILES string of the molecule is NC(=O)c1ccc(CNS(=O)(=O)c2ccc3c(c2)CCO3)cc1. The van der Waals surface area contributed by atoms with Crippen LogP contribution in [-0.2, 0) is 23.0 Å². The van der Waals surface area contributed by atoms with Crippen molar-refractivity contribution in [2.45, 2.75) is 17.9 Å². The van der Waals surface area contributed by atoms with E-state index in [2.05, 4.69) is 4.72 Å². The van der Waals surface area contributed by atoms with Gasteiger partial charge in [0.1, 0.15) is 5.75 Å². The molecule has 0 radical (unpaired) electrons. The van der Waals surface area contributed by atoms with Gasteiger partial charge in [0.05, 0.1) is 11.5 Å². The highest BCUT2D eigenvalue weighted by Crippen LogP contribution is 2.27. The lowest BCUT2D eigenvalue weighted by Gasteiger charge is -2.08. The Kier molecular flexibility index (Phi) is 4.06. The van der Waals surface area contributed by atoms with Crippen molar-refractivity contribution in [3.63, 3.8) is 0 Å². The average Bonchev–Trinajstić information content (AvgIpc) is 3.01. The molecule has 120 valence electrons. The normalized spacial score (nSPS) is 13.4. The van der Waals surface area contributed by atoms with E-state index in [1.54, 1.807) is 36.4 Å². The standard InChI is InChI=1S/C16H16N2O4S/c17-16(19)12-3-1-11(2-4-12)10-18-23(20,21)14-5-6-15-13(9-14)7-8-22-15/h1-6,9,18H,7-8,10H2,(H2,17,19). The van der Waals surface area contributed by atoms with E-state index in [4.69, 9.17) is 10.5 Å². The summed E-state index contributed by atoms with van der Waals surface area (Å²) in [7, 11) is -3.60. The van der Waals surface area contributed by atoms with E-state index in [0.717, 1.165) is 16.9 Å². The van der Waals surface area contributed by atoms with Crippen molar-refractivity contribution in [3.8, 4) is 5.75 Å². The lowest BCUT2D eigenvalue weighted by atomic mass is 10.1. The fourth-order valence-electron chi connectivity index (χ4n) is 2.38. The van der Waals surface area contributed by atoms with Crippen LogP contribution in [0, 0.1) is 0 Å². The molecular formula is C16H16N2O4S. The molecule has 6 nitrogen and oxygen atoms in total. The minimum Gasteiger partial charge on any atom is -0.493 e. The highest BCUT2D eigenvalue weighted by molar-refractivity contribution is 7.89. The first-order valence-electron chi connectivity index (χ1n) is 7.10. The van der Waals surface area contributed by atoms with Crippen molar-refractivity contribution in [2.75, 3.05) is 6.61 Å². The number of amides is 1. The molecule has 1 aliphatic heterocycles. The molecule has 0 fully saturated rings. The maximum absolute atomic E-state index is 12.4. The number of nitrogens with two attached hydrogens (primary N) is 1. The second-order valence-corrected chi connectivity index (χ2v) is 7.02. The van der Waals surface area contributed by atoms with Crippen molar-refractivity contribution in [1.82, 2.24) is 4.72 Å². The number of carbonyl (C=O) groups excluding carboxylic acids is 1. The average molecular weight is 332 g/mol. The number of benzene rings is 2. The maximum Gasteiger partial charge on any atom is 0.248 e. The summed E-state index contributed by atoms with van der Waals surface area (Å²) in [6.45, 7) is 0.716. The quantitative estimate of drug-likeness (QED) is 0.859. The predicted molar refractivity (Wildman–Crippen MR) is 84.6 cm³/mol. The summed E-state index contributed by atoms with van der Waals surface area (Å²) >= 11 is 0. The molecule has 7 heteroatoms.